The Morgan fingerprint density at radius 2 is 2.05 bits per heavy atom. The minimum atomic E-state index is -0.923. The van der Waals surface area contributed by atoms with Crippen molar-refractivity contribution >= 4 is 34.2 Å². The van der Waals surface area contributed by atoms with Crippen molar-refractivity contribution in [3.05, 3.63) is 36.0 Å². The zero-order valence-corrected chi connectivity index (χ0v) is 12.8. The molecule has 0 amide bonds. The van der Waals surface area contributed by atoms with Crippen LogP contribution in [0.4, 0.5) is 0 Å². The smallest absolute Gasteiger partial charge is 0.326 e. The Balaban J connectivity index is 2.13. The van der Waals surface area contributed by atoms with Crippen molar-refractivity contribution in [2.24, 2.45) is 0 Å². The van der Waals surface area contributed by atoms with Crippen molar-refractivity contribution in [3.63, 3.8) is 0 Å². The summed E-state index contributed by atoms with van der Waals surface area (Å²) in [5.74, 6) is -0.923. The molecule has 1 atom stereocenters. The monoisotopic (exact) mass is 305 g/mol. The first-order valence-corrected chi connectivity index (χ1v) is 7.23. The molecule has 0 radical (unpaired) electrons. The van der Waals surface area contributed by atoms with E-state index in [1.807, 2.05) is 44.3 Å². The van der Waals surface area contributed by atoms with E-state index < -0.39 is 12.0 Å². The number of carboxylic acid groups (broad SMARTS) is 1. The van der Waals surface area contributed by atoms with E-state index in [0.717, 1.165) is 16.5 Å². The number of aromatic nitrogens is 1. The molecule has 0 unspecified atom stereocenters. The number of carbonyl (C=O) groups is 1. The van der Waals surface area contributed by atoms with E-state index in [2.05, 4.69) is 15.6 Å². The Morgan fingerprint density at radius 1 is 1.33 bits per heavy atom. The van der Waals surface area contributed by atoms with Gasteiger partial charge in [-0.3, -0.25) is 0 Å². The van der Waals surface area contributed by atoms with E-state index in [9.17, 15) is 9.90 Å². The molecular formula is C15H19N3O2S. The number of hydrogen-bond donors (Lipinski definition) is 4. The minimum Gasteiger partial charge on any atom is -0.480 e. The number of H-pyrrole nitrogens is 1. The Morgan fingerprint density at radius 3 is 2.71 bits per heavy atom. The molecule has 4 N–H and O–H groups in total. The molecule has 0 spiro atoms. The molecule has 0 saturated heterocycles. The summed E-state index contributed by atoms with van der Waals surface area (Å²) >= 11 is 5.12. The van der Waals surface area contributed by atoms with Gasteiger partial charge >= 0.3 is 5.97 Å². The van der Waals surface area contributed by atoms with Gasteiger partial charge in [-0.1, -0.05) is 18.2 Å². The molecule has 0 saturated carbocycles. The predicted octanol–water partition coefficient (Wildman–Crippen LogP) is 2.04. The number of hydrogen-bond acceptors (Lipinski definition) is 2. The van der Waals surface area contributed by atoms with Gasteiger partial charge in [0.05, 0.1) is 0 Å². The Kier molecular flexibility index (Phi) is 4.80. The highest BCUT2D eigenvalue weighted by molar-refractivity contribution is 7.80. The summed E-state index contributed by atoms with van der Waals surface area (Å²) in [6.45, 7) is 3.90. The summed E-state index contributed by atoms with van der Waals surface area (Å²) in [6.07, 6.45) is 2.21. The van der Waals surface area contributed by atoms with Gasteiger partial charge in [-0.25, -0.2) is 4.79 Å². The van der Waals surface area contributed by atoms with Crippen LogP contribution in [0, 0.1) is 0 Å². The van der Waals surface area contributed by atoms with Gasteiger partial charge in [-0.05, 0) is 37.7 Å². The molecule has 21 heavy (non-hydrogen) atoms. The van der Waals surface area contributed by atoms with Crippen LogP contribution in [-0.4, -0.2) is 33.3 Å². The van der Waals surface area contributed by atoms with E-state index >= 15 is 0 Å². The highest BCUT2D eigenvalue weighted by Gasteiger charge is 2.20. The van der Waals surface area contributed by atoms with E-state index in [0.29, 0.717) is 11.5 Å². The lowest BCUT2D eigenvalue weighted by molar-refractivity contribution is -0.139. The quantitative estimate of drug-likeness (QED) is 0.636. The van der Waals surface area contributed by atoms with Crippen LogP contribution < -0.4 is 10.6 Å². The maximum Gasteiger partial charge on any atom is 0.326 e. The molecule has 2 aromatic rings. The molecule has 0 fully saturated rings. The number of aromatic amines is 1. The van der Waals surface area contributed by atoms with Crippen molar-refractivity contribution in [2.75, 3.05) is 0 Å². The van der Waals surface area contributed by atoms with Crippen molar-refractivity contribution in [1.29, 1.82) is 0 Å². The maximum absolute atomic E-state index is 11.4. The summed E-state index contributed by atoms with van der Waals surface area (Å²) < 4.78 is 0. The number of aliphatic carboxylic acids is 1. The van der Waals surface area contributed by atoms with Crippen molar-refractivity contribution in [2.45, 2.75) is 32.4 Å². The number of nitrogens with one attached hydrogen (secondary N) is 3. The number of rotatable bonds is 5. The van der Waals surface area contributed by atoms with E-state index in [-0.39, 0.29) is 6.04 Å². The van der Waals surface area contributed by atoms with E-state index in [1.54, 1.807) is 0 Å². The molecule has 0 aliphatic heterocycles. The summed E-state index contributed by atoms with van der Waals surface area (Å²) in [5, 5.41) is 16.6. The molecule has 1 aromatic carbocycles. The largest absolute Gasteiger partial charge is 0.480 e. The Hall–Kier alpha value is -2.08. The average Bonchev–Trinajstić information content (AvgIpc) is 2.80. The number of benzene rings is 1. The zero-order valence-electron chi connectivity index (χ0n) is 12.0. The number of para-hydroxylation sites is 1. The van der Waals surface area contributed by atoms with Gasteiger partial charge in [0.1, 0.15) is 6.04 Å². The average molecular weight is 305 g/mol. The second-order valence-electron chi connectivity index (χ2n) is 5.23. The Labute approximate surface area is 128 Å². The predicted molar refractivity (Wildman–Crippen MR) is 87.4 cm³/mol. The second-order valence-corrected chi connectivity index (χ2v) is 5.64. The van der Waals surface area contributed by atoms with Crippen LogP contribution in [0.15, 0.2) is 30.5 Å². The topological polar surface area (TPSA) is 77.1 Å². The third-order valence-electron chi connectivity index (χ3n) is 3.12. The zero-order chi connectivity index (χ0) is 15.4. The van der Waals surface area contributed by atoms with Gasteiger partial charge < -0.3 is 20.7 Å². The lowest BCUT2D eigenvalue weighted by Crippen LogP contribution is -2.48. The summed E-state index contributed by atoms with van der Waals surface area (Å²) in [7, 11) is 0. The highest BCUT2D eigenvalue weighted by atomic mass is 32.1. The SMILES string of the molecule is CC(C)NC(=S)N[C@H](Cc1c[nH]c2ccccc12)C(=O)O. The number of fused-ring (bicyclic) bond motifs is 1. The first kappa shape index (κ1) is 15.3. The van der Waals surface area contributed by atoms with Crippen molar-refractivity contribution < 1.29 is 9.90 Å². The summed E-state index contributed by atoms with van der Waals surface area (Å²) in [4.78, 5) is 14.6. The highest BCUT2D eigenvalue weighted by Crippen LogP contribution is 2.19. The van der Waals surface area contributed by atoms with Crippen LogP contribution in [0.2, 0.25) is 0 Å². The summed E-state index contributed by atoms with van der Waals surface area (Å²) in [5.41, 5.74) is 1.96. The van der Waals surface area contributed by atoms with E-state index in [4.69, 9.17) is 12.2 Å². The van der Waals surface area contributed by atoms with Crippen LogP contribution in [0.3, 0.4) is 0 Å². The fourth-order valence-corrected chi connectivity index (χ4v) is 2.56. The van der Waals surface area contributed by atoms with Crippen LogP contribution >= 0.6 is 12.2 Å². The minimum absolute atomic E-state index is 0.160. The van der Waals surface area contributed by atoms with Gasteiger partial charge in [0.2, 0.25) is 0 Å². The lowest BCUT2D eigenvalue weighted by atomic mass is 10.1. The van der Waals surface area contributed by atoms with Gasteiger partial charge in [-0.15, -0.1) is 0 Å². The van der Waals surface area contributed by atoms with Gasteiger partial charge in [0, 0.05) is 29.6 Å². The molecule has 2 rings (SSSR count). The summed E-state index contributed by atoms with van der Waals surface area (Å²) in [6, 6.07) is 7.22. The Bertz CT molecular complexity index is 651. The van der Waals surface area contributed by atoms with Crippen LogP contribution in [0.25, 0.3) is 10.9 Å². The third-order valence-corrected chi connectivity index (χ3v) is 3.36. The molecule has 5 nitrogen and oxygen atoms in total. The van der Waals surface area contributed by atoms with Crippen LogP contribution in [0.5, 0.6) is 0 Å². The molecule has 6 heteroatoms. The number of carboxylic acids is 1. The standard InChI is InChI=1S/C15H19N3O2S/c1-9(2)17-15(21)18-13(14(19)20)7-10-8-16-12-6-4-3-5-11(10)12/h3-6,8-9,13,16H,7H2,1-2H3,(H,19,20)(H2,17,18,21)/t13-/m1/s1. The number of thiocarbonyl (C=S) groups is 1. The first-order chi connectivity index (χ1) is 9.97. The molecular weight excluding hydrogens is 286 g/mol. The van der Waals surface area contributed by atoms with Crippen LogP contribution in [0.1, 0.15) is 19.4 Å². The molecule has 1 heterocycles. The van der Waals surface area contributed by atoms with Gasteiger partial charge in [0.25, 0.3) is 0 Å². The lowest BCUT2D eigenvalue weighted by Gasteiger charge is -2.18. The molecule has 0 bridgehead atoms. The van der Waals surface area contributed by atoms with Gasteiger partial charge in [0.15, 0.2) is 5.11 Å². The fourth-order valence-electron chi connectivity index (χ4n) is 2.18. The maximum atomic E-state index is 11.4. The van der Waals surface area contributed by atoms with Gasteiger partial charge in [-0.2, -0.15) is 0 Å². The molecule has 0 aliphatic carbocycles. The normalized spacial score (nSPS) is 12.3. The second kappa shape index (κ2) is 6.58. The van der Waals surface area contributed by atoms with E-state index in [1.165, 1.54) is 0 Å². The fraction of sp³-hybridized carbons (Fsp3) is 0.333. The first-order valence-electron chi connectivity index (χ1n) is 6.82. The van der Waals surface area contributed by atoms with Crippen molar-refractivity contribution in [1.82, 2.24) is 15.6 Å². The molecule has 112 valence electrons. The third kappa shape index (κ3) is 3.95. The molecule has 1 aromatic heterocycles. The van der Waals surface area contributed by atoms with Crippen LogP contribution in [-0.2, 0) is 11.2 Å². The molecule has 0 aliphatic rings. The van der Waals surface area contributed by atoms with Crippen molar-refractivity contribution in [3.8, 4) is 0 Å².